The fourth-order valence-electron chi connectivity index (χ4n) is 2.28. The topological polar surface area (TPSA) is 55.8 Å². The van der Waals surface area contributed by atoms with Crippen LogP contribution in [-0.4, -0.2) is 50.5 Å². The quantitative estimate of drug-likeness (QED) is 0.520. The third kappa shape index (κ3) is 5.72. The molecule has 1 amide bonds. The molecule has 0 unspecified atom stereocenters. The Labute approximate surface area is 148 Å². The average molecular weight is 341 g/mol. The molecule has 132 valence electrons. The lowest BCUT2D eigenvalue weighted by molar-refractivity contribution is -0.132. The van der Waals surface area contributed by atoms with Crippen molar-refractivity contribution >= 4 is 11.7 Å². The minimum absolute atomic E-state index is 0.0323. The molecule has 0 aromatic heterocycles. The number of carbonyl (C=O) groups is 2. The third-order valence-electron chi connectivity index (χ3n) is 3.78. The molecular weight excluding hydrogens is 318 g/mol. The summed E-state index contributed by atoms with van der Waals surface area (Å²) >= 11 is 0. The van der Waals surface area contributed by atoms with E-state index < -0.39 is 0 Å². The highest BCUT2D eigenvalue weighted by Gasteiger charge is 2.11. The van der Waals surface area contributed by atoms with E-state index in [4.69, 9.17) is 9.47 Å². The van der Waals surface area contributed by atoms with Crippen molar-refractivity contribution in [3.05, 3.63) is 65.7 Å². The maximum absolute atomic E-state index is 12.3. The maximum Gasteiger partial charge on any atom is 0.260 e. The Morgan fingerprint density at radius 1 is 0.960 bits per heavy atom. The van der Waals surface area contributed by atoms with E-state index in [1.807, 2.05) is 18.2 Å². The first-order valence-corrected chi connectivity index (χ1v) is 8.17. The highest BCUT2D eigenvalue weighted by Crippen LogP contribution is 2.15. The van der Waals surface area contributed by atoms with E-state index in [-0.39, 0.29) is 18.3 Å². The van der Waals surface area contributed by atoms with Crippen molar-refractivity contribution in [2.24, 2.45) is 0 Å². The van der Waals surface area contributed by atoms with Gasteiger partial charge in [-0.3, -0.25) is 9.59 Å². The minimum atomic E-state index is -0.0967. The molecule has 0 aliphatic rings. The van der Waals surface area contributed by atoms with Crippen LogP contribution >= 0.6 is 0 Å². The van der Waals surface area contributed by atoms with Gasteiger partial charge in [-0.15, -0.1) is 0 Å². The van der Waals surface area contributed by atoms with Crippen LogP contribution in [0.4, 0.5) is 0 Å². The van der Waals surface area contributed by atoms with Gasteiger partial charge in [0.2, 0.25) is 0 Å². The van der Waals surface area contributed by atoms with Gasteiger partial charge in [-0.25, -0.2) is 0 Å². The molecule has 2 aromatic rings. The van der Waals surface area contributed by atoms with E-state index in [1.54, 1.807) is 55.5 Å². The Morgan fingerprint density at radius 2 is 1.60 bits per heavy atom. The molecule has 0 radical (unpaired) electrons. The van der Waals surface area contributed by atoms with Crippen LogP contribution in [0.3, 0.4) is 0 Å². The Bertz CT molecular complexity index is 683. The summed E-state index contributed by atoms with van der Waals surface area (Å²) in [5, 5.41) is 0. The van der Waals surface area contributed by atoms with Crippen molar-refractivity contribution in [2.75, 3.05) is 33.9 Å². The molecule has 0 saturated carbocycles. The number of amides is 1. The lowest BCUT2D eigenvalue weighted by atomic mass is 10.0. The number of nitrogens with zero attached hydrogens (tertiary/aromatic N) is 1. The van der Waals surface area contributed by atoms with Crippen LogP contribution in [0, 0.1) is 0 Å². The Hall–Kier alpha value is -2.66. The summed E-state index contributed by atoms with van der Waals surface area (Å²) < 4.78 is 10.5. The first kappa shape index (κ1) is 18.7. The third-order valence-corrected chi connectivity index (χ3v) is 3.78. The average Bonchev–Trinajstić information content (AvgIpc) is 2.66. The number of hydrogen-bond donors (Lipinski definition) is 0. The van der Waals surface area contributed by atoms with Gasteiger partial charge in [-0.1, -0.05) is 30.3 Å². The van der Waals surface area contributed by atoms with E-state index in [0.29, 0.717) is 30.0 Å². The minimum Gasteiger partial charge on any atom is -0.484 e. The zero-order valence-electron chi connectivity index (χ0n) is 14.6. The first-order chi connectivity index (χ1) is 12.1. The summed E-state index contributed by atoms with van der Waals surface area (Å²) in [7, 11) is 3.38. The van der Waals surface area contributed by atoms with Gasteiger partial charge in [0.1, 0.15) is 5.75 Å². The zero-order valence-corrected chi connectivity index (χ0v) is 14.6. The van der Waals surface area contributed by atoms with Crippen LogP contribution in [0.25, 0.3) is 0 Å². The lowest BCUT2D eigenvalue weighted by Crippen LogP contribution is -2.32. The van der Waals surface area contributed by atoms with Crippen molar-refractivity contribution in [1.29, 1.82) is 0 Å². The monoisotopic (exact) mass is 341 g/mol. The van der Waals surface area contributed by atoms with Gasteiger partial charge in [0.15, 0.2) is 12.4 Å². The Morgan fingerprint density at radius 3 is 2.24 bits per heavy atom. The van der Waals surface area contributed by atoms with Gasteiger partial charge in [0, 0.05) is 38.4 Å². The predicted molar refractivity (Wildman–Crippen MR) is 95.9 cm³/mol. The second kappa shape index (κ2) is 9.59. The van der Waals surface area contributed by atoms with Gasteiger partial charge in [-0.2, -0.15) is 0 Å². The standard InChI is InChI=1S/C20H23NO4/c1-21(13-6-14-24-2)19(22)15-25-18-11-9-17(10-12-18)20(23)16-7-4-3-5-8-16/h3-5,7-12H,6,13-15H2,1-2H3. The summed E-state index contributed by atoms with van der Waals surface area (Å²) in [6.45, 7) is 1.21. The van der Waals surface area contributed by atoms with Gasteiger partial charge in [-0.05, 0) is 30.7 Å². The highest BCUT2D eigenvalue weighted by molar-refractivity contribution is 6.08. The summed E-state index contributed by atoms with van der Waals surface area (Å²) in [6, 6.07) is 15.9. The number of ketones is 1. The van der Waals surface area contributed by atoms with E-state index in [0.717, 1.165) is 6.42 Å². The Balaban J connectivity index is 1.86. The van der Waals surface area contributed by atoms with E-state index in [2.05, 4.69) is 0 Å². The summed E-state index contributed by atoms with van der Waals surface area (Å²) in [5.74, 6) is 0.421. The van der Waals surface area contributed by atoms with Gasteiger partial charge in [0.25, 0.3) is 5.91 Å². The predicted octanol–water partition coefficient (Wildman–Crippen LogP) is 2.79. The Kier molecular flexibility index (Phi) is 7.16. The molecule has 0 fully saturated rings. The van der Waals surface area contributed by atoms with Crippen LogP contribution in [0.5, 0.6) is 5.75 Å². The molecule has 0 saturated heterocycles. The highest BCUT2D eigenvalue weighted by atomic mass is 16.5. The second-order valence-electron chi connectivity index (χ2n) is 5.67. The molecule has 0 spiro atoms. The molecule has 0 heterocycles. The zero-order chi connectivity index (χ0) is 18.1. The number of ether oxygens (including phenoxy) is 2. The molecule has 0 bridgehead atoms. The normalized spacial score (nSPS) is 10.3. The van der Waals surface area contributed by atoms with Crippen LogP contribution in [0.1, 0.15) is 22.3 Å². The summed E-state index contributed by atoms with van der Waals surface area (Å²) in [4.78, 5) is 25.9. The number of benzene rings is 2. The first-order valence-electron chi connectivity index (χ1n) is 8.17. The molecule has 5 nitrogen and oxygen atoms in total. The molecule has 0 aliphatic heterocycles. The maximum atomic E-state index is 12.3. The van der Waals surface area contributed by atoms with Gasteiger partial charge < -0.3 is 14.4 Å². The van der Waals surface area contributed by atoms with Crippen molar-refractivity contribution in [3.63, 3.8) is 0 Å². The second-order valence-corrected chi connectivity index (χ2v) is 5.67. The molecule has 25 heavy (non-hydrogen) atoms. The lowest BCUT2D eigenvalue weighted by Gasteiger charge is -2.17. The molecule has 2 aromatic carbocycles. The number of rotatable bonds is 9. The van der Waals surface area contributed by atoms with Crippen LogP contribution in [-0.2, 0) is 9.53 Å². The smallest absolute Gasteiger partial charge is 0.260 e. The van der Waals surface area contributed by atoms with E-state index in [9.17, 15) is 9.59 Å². The molecular formula is C20H23NO4. The number of hydrogen-bond acceptors (Lipinski definition) is 4. The van der Waals surface area contributed by atoms with Gasteiger partial charge >= 0.3 is 0 Å². The molecule has 5 heteroatoms. The van der Waals surface area contributed by atoms with Crippen LogP contribution < -0.4 is 4.74 Å². The molecule has 0 aliphatic carbocycles. The summed E-state index contributed by atoms with van der Waals surface area (Å²) in [6.07, 6.45) is 0.787. The van der Waals surface area contributed by atoms with Crippen molar-refractivity contribution in [1.82, 2.24) is 4.90 Å². The number of methoxy groups -OCH3 is 1. The van der Waals surface area contributed by atoms with Crippen LogP contribution in [0.2, 0.25) is 0 Å². The van der Waals surface area contributed by atoms with E-state index >= 15 is 0 Å². The van der Waals surface area contributed by atoms with Crippen LogP contribution in [0.15, 0.2) is 54.6 Å². The molecule has 0 atom stereocenters. The van der Waals surface area contributed by atoms with Gasteiger partial charge in [0.05, 0.1) is 0 Å². The fourth-order valence-corrected chi connectivity index (χ4v) is 2.28. The SMILES string of the molecule is COCCCN(C)C(=O)COc1ccc(C(=O)c2ccccc2)cc1. The summed E-state index contributed by atoms with van der Waals surface area (Å²) in [5.41, 5.74) is 1.23. The number of carbonyl (C=O) groups excluding carboxylic acids is 2. The number of likely N-dealkylation sites (N-methyl/N-ethyl adjacent to an activating group) is 1. The van der Waals surface area contributed by atoms with Crippen molar-refractivity contribution in [3.8, 4) is 5.75 Å². The fraction of sp³-hybridized carbons (Fsp3) is 0.300. The van der Waals surface area contributed by atoms with E-state index in [1.165, 1.54) is 0 Å². The molecule has 0 N–H and O–H groups in total. The molecule has 2 rings (SSSR count). The largest absolute Gasteiger partial charge is 0.484 e. The van der Waals surface area contributed by atoms with Crippen molar-refractivity contribution < 1.29 is 19.1 Å². The van der Waals surface area contributed by atoms with Crippen molar-refractivity contribution in [2.45, 2.75) is 6.42 Å².